The number of fused-ring (bicyclic) bond motifs is 8. The van der Waals surface area contributed by atoms with E-state index >= 15 is 0 Å². The number of methoxy groups -OCH3 is 1. The fourth-order valence-corrected chi connectivity index (χ4v) is 8.91. The quantitative estimate of drug-likeness (QED) is 0.104. The van der Waals surface area contributed by atoms with Gasteiger partial charge in [-0.2, -0.15) is 5.10 Å². The second-order valence-corrected chi connectivity index (χ2v) is 17.5. The molecule has 1 aliphatic carbocycles. The topological polar surface area (TPSA) is 135 Å². The normalized spacial score (nSPS) is 12.3. The van der Waals surface area contributed by atoms with E-state index in [9.17, 15) is 5.11 Å². The Morgan fingerprint density at radius 3 is 1.31 bits per heavy atom. The zero-order valence-corrected chi connectivity index (χ0v) is 39.6. The molecule has 10 rings (SSSR count). The zero-order valence-electron chi connectivity index (χ0n) is 39.6. The van der Waals surface area contributed by atoms with Gasteiger partial charge in [-0.15, -0.1) is 20.5 Å². The minimum Gasteiger partial charge on any atom is -0.507 e. The molecule has 0 saturated carbocycles. The van der Waals surface area contributed by atoms with Gasteiger partial charge in [0.2, 0.25) is 5.82 Å². The number of aromatic nitrogens is 2. The van der Waals surface area contributed by atoms with Crippen LogP contribution in [-0.2, 0) is 45.5 Å². The number of phenols is 1. The Hall–Kier alpha value is -8.83. The average molecular weight is 937 g/mol. The van der Waals surface area contributed by atoms with Gasteiger partial charge in [-0.3, -0.25) is 5.10 Å². The molecule has 8 bridgehead atoms. The highest BCUT2D eigenvalue weighted by Gasteiger charge is 2.23. The largest absolute Gasteiger partial charge is 0.507 e. The number of para-hydroxylation sites is 4. The van der Waals surface area contributed by atoms with E-state index in [1.165, 1.54) is 0 Å². The van der Waals surface area contributed by atoms with E-state index in [2.05, 4.69) is 117 Å². The van der Waals surface area contributed by atoms with Crippen LogP contribution in [-0.4, -0.2) is 22.4 Å². The number of aryl methyl sites for hydroxylation is 1. The van der Waals surface area contributed by atoms with Crippen LogP contribution in [0.4, 0.5) is 22.9 Å². The van der Waals surface area contributed by atoms with Crippen LogP contribution in [0.5, 0.6) is 28.7 Å². The molecule has 11 nitrogen and oxygen atoms in total. The van der Waals surface area contributed by atoms with Gasteiger partial charge in [-0.05, 0) is 81.3 Å². The van der Waals surface area contributed by atoms with E-state index in [1.807, 2.05) is 97.9 Å². The molecule has 0 saturated heterocycles. The predicted molar refractivity (Wildman–Crippen MR) is 276 cm³/mol. The van der Waals surface area contributed by atoms with Crippen molar-refractivity contribution >= 4 is 22.9 Å². The first kappa shape index (κ1) is 45.9. The van der Waals surface area contributed by atoms with Crippen LogP contribution in [0.15, 0.2) is 202 Å². The van der Waals surface area contributed by atoms with Crippen LogP contribution in [0, 0.1) is 6.92 Å². The van der Waals surface area contributed by atoms with Gasteiger partial charge >= 0.3 is 0 Å². The molecule has 71 heavy (non-hydrogen) atoms. The van der Waals surface area contributed by atoms with E-state index in [4.69, 9.17) is 24.1 Å². The highest BCUT2D eigenvalue weighted by atomic mass is 16.5. The summed E-state index contributed by atoms with van der Waals surface area (Å²) in [6, 6.07) is 60.6. The minimum atomic E-state index is 0.151. The van der Waals surface area contributed by atoms with Gasteiger partial charge in [0.1, 0.15) is 54.3 Å². The smallest absolute Gasteiger partial charge is 0.223 e. The Balaban J connectivity index is 1.11. The third-order valence-electron chi connectivity index (χ3n) is 12.5. The van der Waals surface area contributed by atoms with E-state index in [0.717, 1.165) is 67.3 Å². The number of rotatable bonds is 14. The Morgan fingerprint density at radius 2 is 0.873 bits per heavy atom. The molecule has 1 aliphatic rings. The molecule has 2 N–H and O–H groups in total. The lowest BCUT2D eigenvalue weighted by atomic mass is 9.91. The molecule has 0 radical (unpaired) electrons. The highest BCUT2D eigenvalue weighted by Crippen LogP contribution is 2.41. The summed E-state index contributed by atoms with van der Waals surface area (Å²) in [7, 11) is 1.59. The van der Waals surface area contributed by atoms with Crippen molar-refractivity contribution in [3.05, 3.63) is 249 Å². The summed E-state index contributed by atoms with van der Waals surface area (Å²) < 4.78 is 26.1. The van der Waals surface area contributed by atoms with Crippen molar-refractivity contribution in [1.29, 1.82) is 0 Å². The molecule has 1 aromatic heterocycles. The zero-order chi connectivity index (χ0) is 48.4. The average Bonchev–Trinajstić information content (AvgIpc) is 3.76. The van der Waals surface area contributed by atoms with E-state index in [0.29, 0.717) is 85.1 Å². The molecular weight excluding hydrogens is 885 g/mol. The summed E-state index contributed by atoms with van der Waals surface area (Å²) >= 11 is 0. The summed E-state index contributed by atoms with van der Waals surface area (Å²) in [6.07, 6.45) is 1.71. The minimum absolute atomic E-state index is 0.151. The summed E-state index contributed by atoms with van der Waals surface area (Å²) in [6.45, 7) is 2.97. The monoisotopic (exact) mass is 936 g/mol. The number of hydrogen-bond donors (Lipinski definition) is 2. The first-order valence-electron chi connectivity index (χ1n) is 23.6. The molecular formula is C60H52N6O5. The molecule has 1 heterocycles. The molecule has 0 fully saturated rings. The number of nitrogens with zero attached hydrogens (tertiary/aromatic N) is 5. The van der Waals surface area contributed by atoms with E-state index in [1.54, 1.807) is 7.11 Å². The van der Waals surface area contributed by atoms with Crippen LogP contribution in [0.1, 0.15) is 66.9 Å². The predicted octanol–water partition coefficient (Wildman–Crippen LogP) is 14.7. The maximum atomic E-state index is 12.5. The number of ether oxygens (including phenoxy) is 4. The second-order valence-electron chi connectivity index (χ2n) is 17.5. The maximum Gasteiger partial charge on any atom is 0.223 e. The molecule has 0 amide bonds. The van der Waals surface area contributed by atoms with Crippen molar-refractivity contribution in [2.24, 2.45) is 20.5 Å². The van der Waals surface area contributed by atoms with Crippen molar-refractivity contribution in [3.63, 3.8) is 0 Å². The molecule has 0 spiro atoms. The molecule has 352 valence electrons. The van der Waals surface area contributed by atoms with Crippen LogP contribution in [0.3, 0.4) is 0 Å². The number of nitrogens with one attached hydrogen (secondary N) is 1. The molecule has 11 heteroatoms. The van der Waals surface area contributed by atoms with Crippen molar-refractivity contribution < 1.29 is 24.1 Å². The summed E-state index contributed by atoms with van der Waals surface area (Å²) in [5.41, 5.74) is 12.5. The lowest BCUT2D eigenvalue weighted by Crippen LogP contribution is -2.08. The van der Waals surface area contributed by atoms with Gasteiger partial charge in [-0.25, -0.2) is 0 Å². The van der Waals surface area contributed by atoms with Crippen molar-refractivity contribution in [2.45, 2.75) is 52.4 Å². The summed E-state index contributed by atoms with van der Waals surface area (Å²) in [4.78, 5) is 0. The molecule has 0 atom stereocenters. The second kappa shape index (κ2) is 21.6. The Labute approximate surface area is 413 Å². The Morgan fingerprint density at radius 1 is 0.465 bits per heavy atom. The van der Waals surface area contributed by atoms with Crippen LogP contribution in [0.25, 0.3) is 0 Å². The Kier molecular flexibility index (Phi) is 14.0. The van der Waals surface area contributed by atoms with Crippen LogP contribution < -0.4 is 18.9 Å². The number of azo groups is 2. The number of aromatic hydroxyl groups is 1. The van der Waals surface area contributed by atoms with Crippen molar-refractivity contribution in [3.8, 4) is 28.7 Å². The van der Waals surface area contributed by atoms with Gasteiger partial charge in [-0.1, -0.05) is 158 Å². The fourth-order valence-electron chi connectivity index (χ4n) is 8.91. The van der Waals surface area contributed by atoms with Crippen LogP contribution >= 0.6 is 0 Å². The van der Waals surface area contributed by atoms with Crippen molar-refractivity contribution in [1.82, 2.24) is 10.2 Å². The van der Waals surface area contributed by atoms with Crippen LogP contribution in [0.2, 0.25) is 0 Å². The standard InChI is InChI=1S/C60H52N6O5/c1-40-55(64-63-53-29-12-13-30-54(53)68-2)60(65-61-40)66-62-52-35-50-33-48-27-15-25-46(58(48)70-38-42-19-8-4-9-20-42)31-44-23-14-24-45(57(44)69-37-41-17-6-3-7-18-41)32-47-26-16-28-49(34-51(36-52)56(50)67)59(47)71-39-43-21-10-5-11-22-43/h3-30,35-36,67H,31-34,37-39H2,1-2H3,(H,61,65). The number of phenolic OH excluding ortho intramolecular Hbond substituents is 1. The molecule has 0 aliphatic heterocycles. The Bertz CT molecular complexity index is 3200. The SMILES string of the molecule is COc1ccccc1N=Nc1c(N=Nc2cc3c(O)c(c2)Cc2cccc(c2OCc2ccccc2)Cc2cccc(c2OCc2ccccc2)Cc2cccc(c2OCc2ccccc2)C3)n[nH]c1C. The van der Waals surface area contributed by atoms with Gasteiger partial charge in [0.15, 0.2) is 5.69 Å². The number of hydrogen-bond acceptors (Lipinski definition) is 10. The molecule has 8 aromatic carbocycles. The first-order chi connectivity index (χ1) is 35.0. The maximum absolute atomic E-state index is 12.5. The highest BCUT2D eigenvalue weighted by molar-refractivity contribution is 5.62. The first-order valence-corrected chi connectivity index (χ1v) is 23.6. The fraction of sp³-hybridized carbons (Fsp3) is 0.150. The third kappa shape index (κ3) is 10.9. The molecule has 9 aromatic rings. The number of H-pyrrole nitrogens is 1. The summed E-state index contributed by atoms with van der Waals surface area (Å²) in [5.74, 6) is 3.32. The van der Waals surface area contributed by atoms with E-state index < -0.39 is 0 Å². The van der Waals surface area contributed by atoms with Gasteiger partial charge in [0.05, 0.1) is 18.5 Å². The van der Waals surface area contributed by atoms with Gasteiger partial charge < -0.3 is 24.1 Å². The van der Waals surface area contributed by atoms with Gasteiger partial charge in [0.25, 0.3) is 0 Å². The third-order valence-corrected chi connectivity index (χ3v) is 12.5. The number of benzene rings is 8. The molecule has 0 unspecified atom stereocenters. The van der Waals surface area contributed by atoms with E-state index in [-0.39, 0.29) is 11.6 Å². The number of aromatic amines is 1. The van der Waals surface area contributed by atoms with Gasteiger partial charge in [0, 0.05) is 36.8 Å². The lowest BCUT2D eigenvalue weighted by Gasteiger charge is -2.22. The summed E-state index contributed by atoms with van der Waals surface area (Å²) in [5, 5.41) is 38.3. The lowest BCUT2D eigenvalue weighted by molar-refractivity contribution is 0.295. The van der Waals surface area contributed by atoms with Crippen molar-refractivity contribution in [2.75, 3.05) is 7.11 Å².